The van der Waals surface area contributed by atoms with Crippen LogP contribution in [0.3, 0.4) is 0 Å². The summed E-state index contributed by atoms with van der Waals surface area (Å²) in [5.74, 6) is 0.865. The van der Waals surface area contributed by atoms with E-state index in [2.05, 4.69) is 65.7 Å². The van der Waals surface area contributed by atoms with Gasteiger partial charge in [-0.05, 0) is 49.5 Å². The monoisotopic (exact) mass is 397 g/mol. The quantitative estimate of drug-likeness (QED) is 0.531. The van der Waals surface area contributed by atoms with Gasteiger partial charge >= 0.3 is 0 Å². The minimum absolute atomic E-state index is 0.410. The van der Waals surface area contributed by atoms with Gasteiger partial charge in [-0.25, -0.2) is 0 Å². The van der Waals surface area contributed by atoms with Gasteiger partial charge in [0.1, 0.15) is 0 Å². The Morgan fingerprint density at radius 2 is 1.93 bits per heavy atom. The smallest absolute Gasteiger partial charge is 0.0831 e. The van der Waals surface area contributed by atoms with Crippen LogP contribution in [0.2, 0.25) is 0 Å². The van der Waals surface area contributed by atoms with Crippen molar-refractivity contribution in [3.63, 3.8) is 0 Å². The first-order chi connectivity index (χ1) is 14.6. The molecule has 0 spiro atoms. The number of hydrogen-bond donors (Lipinski definition) is 0. The highest BCUT2D eigenvalue weighted by Gasteiger charge is 2.26. The van der Waals surface area contributed by atoms with Crippen molar-refractivity contribution in [2.45, 2.75) is 40.8 Å². The third kappa shape index (κ3) is 2.88. The lowest BCUT2D eigenvalue weighted by Crippen LogP contribution is -2.38. The molecule has 4 aromatic heterocycles. The summed E-state index contributed by atoms with van der Waals surface area (Å²) in [6.07, 6.45) is 10.4. The second-order valence-electron chi connectivity index (χ2n) is 8.27. The Morgan fingerprint density at radius 1 is 1.07 bits per heavy atom. The van der Waals surface area contributed by atoms with Crippen molar-refractivity contribution in [3.05, 3.63) is 76.6 Å². The van der Waals surface area contributed by atoms with Crippen LogP contribution < -0.4 is 10.6 Å². The molecule has 1 aliphatic carbocycles. The molecule has 4 heterocycles. The van der Waals surface area contributed by atoms with Crippen LogP contribution in [0.15, 0.2) is 49.1 Å². The Hall–Kier alpha value is -3.21. The van der Waals surface area contributed by atoms with E-state index < -0.39 is 0 Å². The predicted octanol–water partition coefficient (Wildman–Crippen LogP) is 3.27. The molecule has 4 aromatic rings. The third-order valence-corrected chi connectivity index (χ3v) is 6.43. The lowest BCUT2D eigenvalue weighted by Gasteiger charge is -2.23. The molecule has 5 nitrogen and oxygen atoms in total. The summed E-state index contributed by atoms with van der Waals surface area (Å²) in [6.45, 7) is 10.6. The molecule has 30 heavy (non-hydrogen) atoms. The number of nitrogens with zero attached hydrogens (tertiary/aromatic N) is 5. The highest BCUT2D eigenvalue weighted by molar-refractivity contribution is 5.86. The summed E-state index contributed by atoms with van der Waals surface area (Å²) in [5.41, 5.74) is 5.93. The van der Waals surface area contributed by atoms with Crippen molar-refractivity contribution in [1.29, 1.82) is 0 Å². The maximum absolute atomic E-state index is 4.67. The number of hydrogen-bond acceptors (Lipinski definition) is 3. The first kappa shape index (κ1) is 18.8. The Labute approximate surface area is 176 Å². The standard InChI is InChI=1S/C25H27N5/c1-5-30-24-18(4)26-11-9-21(24)22-12-16(2)17(3)23(25(22)30)19-13-28-29(14-19)15-20-8-6-7-10-27-20/h6-14,16-17H,5,15H2,1-4H3. The van der Waals surface area contributed by atoms with E-state index >= 15 is 0 Å². The van der Waals surface area contributed by atoms with Gasteiger partial charge in [-0.3, -0.25) is 14.6 Å². The third-order valence-electron chi connectivity index (χ3n) is 6.43. The topological polar surface area (TPSA) is 48.5 Å². The Morgan fingerprint density at radius 3 is 2.70 bits per heavy atom. The molecule has 0 radical (unpaired) electrons. The summed E-state index contributed by atoms with van der Waals surface area (Å²) >= 11 is 0. The lowest BCUT2D eigenvalue weighted by atomic mass is 9.81. The fraction of sp³-hybridized carbons (Fsp3) is 0.320. The first-order valence-electron chi connectivity index (χ1n) is 10.7. The molecule has 1 aliphatic rings. The maximum Gasteiger partial charge on any atom is 0.0831 e. The molecule has 0 saturated carbocycles. The van der Waals surface area contributed by atoms with Gasteiger partial charge in [0.05, 0.1) is 35.0 Å². The molecule has 5 rings (SSSR count). The van der Waals surface area contributed by atoms with Gasteiger partial charge in [-0.1, -0.05) is 26.0 Å². The van der Waals surface area contributed by atoms with Crippen LogP contribution >= 0.6 is 0 Å². The zero-order chi connectivity index (χ0) is 20.8. The predicted molar refractivity (Wildman–Crippen MR) is 120 cm³/mol. The number of pyridine rings is 2. The zero-order valence-electron chi connectivity index (χ0n) is 18.0. The second-order valence-corrected chi connectivity index (χ2v) is 8.27. The lowest BCUT2D eigenvalue weighted by molar-refractivity contribution is 0.585. The maximum atomic E-state index is 4.67. The van der Waals surface area contributed by atoms with Crippen LogP contribution in [0.25, 0.3) is 22.6 Å². The van der Waals surface area contributed by atoms with E-state index in [-0.39, 0.29) is 0 Å². The van der Waals surface area contributed by atoms with Crippen LogP contribution in [0.5, 0.6) is 0 Å². The van der Waals surface area contributed by atoms with E-state index in [1.165, 1.54) is 32.6 Å². The molecule has 0 fully saturated rings. The normalized spacial score (nSPS) is 18.5. The minimum atomic E-state index is 0.410. The molecule has 0 saturated heterocycles. The van der Waals surface area contributed by atoms with E-state index in [4.69, 9.17) is 0 Å². The molecular formula is C25H27N5. The molecule has 0 N–H and O–H groups in total. The largest absolute Gasteiger partial charge is 0.339 e. The second kappa shape index (κ2) is 7.24. The summed E-state index contributed by atoms with van der Waals surface area (Å²) in [7, 11) is 0. The van der Waals surface area contributed by atoms with Crippen LogP contribution in [-0.2, 0) is 13.1 Å². The van der Waals surface area contributed by atoms with E-state index in [9.17, 15) is 0 Å². The van der Waals surface area contributed by atoms with Gasteiger partial charge in [-0.15, -0.1) is 0 Å². The molecular weight excluding hydrogens is 370 g/mol. The number of rotatable bonds is 4. The Bertz CT molecular complexity index is 1340. The number of aromatic nitrogens is 5. The molecule has 5 heteroatoms. The van der Waals surface area contributed by atoms with E-state index in [1.54, 1.807) is 0 Å². The fourth-order valence-corrected chi connectivity index (χ4v) is 4.81. The van der Waals surface area contributed by atoms with Crippen LogP contribution in [0, 0.1) is 18.8 Å². The molecule has 2 unspecified atom stereocenters. The van der Waals surface area contributed by atoms with Crippen molar-refractivity contribution in [2.24, 2.45) is 11.8 Å². The number of aryl methyl sites for hydroxylation is 2. The van der Waals surface area contributed by atoms with Gasteiger partial charge in [0.2, 0.25) is 0 Å². The van der Waals surface area contributed by atoms with Crippen molar-refractivity contribution in [3.8, 4) is 0 Å². The van der Waals surface area contributed by atoms with E-state index in [0.29, 0.717) is 18.4 Å². The van der Waals surface area contributed by atoms with Crippen molar-refractivity contribution >= 4 is 22.6 Å². The van der Waals surface area contributed by atoms with E-state index in [1.807, 2.05) is 41.5 Å². The molecule has 152 valence electrons. The summed E-state index contributed by atoms with van der Waals surface area (Å²) < 4.78 is 4.43. The molecule has 0 aromatic carbocycles. The van der Waals surface area contributed by atoms with Crippen molar-refractivity contribution < 1.29 is 0 Å². The van der Waals surface area contributed by atoms with E-state index in [0.717, 1.165) is 17.9 Å². The SMILES string of the molecule is CCn1c2c(c3ccnc(C)c31)=CC(C)C(C)C=2c1cnn(Cc2ccccn2)c1. The van der Waals surface area contributed by atoms with Gasteiger partial charge < -0.3 is 4.57 Å². The molecule has 2 atom stereocenters. The molecule has 0 aliphatic heterocycles. The summed E-state index contributed by atoms with van der Waals surface area (Å²) in [5, 5.41) is 8.64. The van der Waals surface area contributed by atoms with Crippen molar-refractivity contribution in [2.75, 3.05) is 0 Å². The average Bonchev–Trinajstić information content (AvgIpc) is 3.33. The highest BCUT2D eigenvalue weighted by Crippen LogP contribution is 2.30. The number of fused-ring (bicyclic) bond motifs is 3. The first-order valence-corrected chi connectivity index (χ1v) is 10.7. The van der Waals surface area contributed by atoms with Crippen LogP contribution in [0.1, 0.15) is 37.7 Å². The average molecular weight is 398 g/mol. The Kier molecular flexibility index (Phi) is 4.54. The molecule has 0 amide bonds. The van der Waals surface area contributed by atoms with Crippen LogP contribution in [-0.4, -0.2) is 24.3 Å². The van der Waals surface area contributed by atoms with Gasteiger partial charge in [-0.2, -0.15) is 5.10 Å². The fourth-order valence-electron chi connectivity index (χ4n) is 4.81. The Balaban J connectivity index is 1.76. The minimum Gasteiger partial charge on any atom is -0.339 e. The van der Waals surface area contributed by atoms with Crippen molar-refractivity contribution in [1.82, 2.24) is 24.3 Å². The summed E-state index contributed by atoms with van der Waals surface area (Å²) in [4.78, 5) is 9.02. The van der Waals surface area contributed by atoms with Gasteiger partial charge in [0.15, 0.2) is 0 Å². The van der Waals surface area contributed by atoms with Crippen LogP contribution in [0.4, 0.5) is 0 Å². The van der Waals surface area contributed by atoms with Gasteiger partial charge in [0, 0.05) is 41.3 Å². The van der Waals surface area contributed by atoms with Gasteiger partial charge in [0.25, 0.3) is 0 Å². The molecule has 0 bridgehead atoms. The highest BCUT2D eigenvalue weighted by atomic mass is 15.3. The summed E-state index contributed by atoms with van der Waals surface area (Å²) in [6, 6.07) is 8.16. The zero-order valence-corrected chi connectivity index (χ0v) is 18.0.